The van der Waals surface area contributed by atoms with Crippen LogP contribution >= 0.6 is 0 Å². The quantitative estimate of drug-likeness (QED) is 0.348. The fourth-order valence-corrected chi connectivity index (χ4v) is 0.918. The number of allylic oxidation sites excluding steroid dienone is 2. The Morgan fingerprint density at radius 1 is 1.33 bits per heavy atom. The van der Waals surface area contributed by atoms with Gasteiger partial charge in [0.15, 0.2) is 0 Å². The summed E-state index contributed by atoms with van der Waals surface area (Å²) in [6, 6.07) is 0. The van der Waals surface area contributed by atoms with Crippen LogP contribution in [0.2, 0.25) is 0 Å². The van der Waals surface area contributed by atoms with Gasteiger partial charge < -0.3 is 4.74 Å². The first-order chi connectivity index (χ1) is 5.81. The third kappa shape index (κ3) is 7.32. The number of rotatable bonds is 6. The van der Waals surface area contributed by atoms with Gasteiger partial charge >= 0.3 is 5.97 Å². The molecule has 0 heterocycles. The van der Waals surface area contributed by atoms with Crippen molar-refractivity contribution < 1.29 is 9.53 Å². The molecule has 0 aromatic carbocycles. The van der Waals surface area contributed by atoms with Gasteiger partial charge in [0.25, 0.3) is 0 Å². The standard InChI is InChI=1S/C10H18O2/c1-3-4-5-6-7-8-9-10(11)12-2/h4-5H,3,6-9H2,1-2H3/b5-4-. The molecular weight excluding hydrogens is 152 g/mol. The van der Waals surface area contributed by atoms with E-state index in [0.29, 0.717) is 6.42 Å². The number of esters is 1. The number of methoxy groups -OCH3 is 1. The largest absolute Gasteiger partial charge is 0.469 e. The minimum atomic E-state index is -0.102. The zero-order valence-corrected chi connectivity index (χ0v) is 8.01. The lowest BCUT2D eigenvalue weighted by Crippen LogP contribution is -1.98. The molecule has 0 aliphatic rings. The SMILES string of the molecule is CC/C=C\CCCCC(=O)OC. The van der Waals surface area contributed by atoms with Crippen LogP contribution in [0.1, 0.15) is 39.0 Å². The highest BCUT2D eigenvalue weighted by Crippen LogP contribution is 2.01. The minimum Gasteiger partial charge on any atom is -0.469 e. The summed E-state index contributed by atoms with van der Waals surface area (Å²) in [7, 11) is 1.43. The maximum atomic E-state index is 10.7. The highest BCUT2D eigenvalue weighted by Gasteiger charge is 1.97. The Morgan fingerprint density at radius 3 is 2.67 bits per heavy atom. The molecule has 0 aliphatic heterocycles. The smallest absolute Gasteiger partial charge is 0.305 e. The van der Waals surface area contributed by atoms with Crippen LogP contribution < -0.4 is 0 Å². The van der Waals surface area contributed by atoms with Crippen LogP contribution in [0.4, 0.5) is 0 Å². The first kappa shape index (κ1) is 11.2. The number of ether oxygens (including phenoxy) is 1. The Kier molecular flexibility index (Phi) is 7.76. The number of carbonyl (C=O) groups is 1. The molecule has 0 radical (unpaired) electrons. The van der Waals surface area contributed by atoms with Gasteiger partial charge in [0.2, 0.25) is 0 Å². The molecule has 2 heteroatoms. The molecular formula is C10H18O2. The number of carbonyl (C=O) groups excluding carboxylic acids is 1. The first-order valence-electron chi connectivity index (χ1n) is 4.53. The lowest BCUT2D eigenvalue weighted by Gasteiger charge is -1.96. The zero-order chi connectivity index (χ0) is 9.23. The monoisotopic (exact) mass is 170 g/mol. The lowest BCUT2D eigenvalue weighted by atomic mass is 10.2. The van der Waals surface area contributed by atoms with E-state index < -0.39 is 0 Å². The van der Waals surface area contributed by atoms with Crippen molar-refractivity contribution >= 4 is 5.97 Å². The van der Waals surface area contributed by atoms with Gasteiger partial charge in [0.05, 0.1) is 7.11 Å². The molecule has 0 aromatic heterocycles. The average molecular weight is 170 g/mol. The van der Waals surface area contributed by atoms with Crippen molar-refractivity contribution in [1.29, 1.82) is 0 Å². The van der Waals surface area contributed by atoms with Gasteiger partial charge in [-0.25, -0.2) is 0 Å². The van der Waals surface area contributed by atoms with E-state index in [1.807, 2.05) is 0 Å². The summed E-state index contributed by atoms with van der Waals surface area (Å²) in [5.74, 6) is -0.102. The van der Waals surface area contributed by atoms with Gasteiger partial charge in [-0.3, -0.25) is 4.79 Å². The molecule has 70 valence electrons. The number of hydrogen-bond donors (Lipinski definition) is 0. The molecule has 12 heavy (non-hydrogen) atoms. The Balaban J connectivity index is 3.10. The van der Waals surface area contributed by atoms with Crippen molar-refractivity contribution in [2.75, 3.05) is 7.11 Å². The number of hydrogen-bond acceptors (Lipinski definition) is 2. The minimum absolute atomic E-state index is 0.102. The molecule has 0 amide bonds. The summed E-state index contributed by atoms with van der Waals surface area (Å²) in [6.45, 7) is 2.12. The average Bonchev–Trinajstić information content (AvgIpc) is 2.10. The lowest BCUT2D eigenvalue weighted by molar-refractivity contribution is -0.140. The Labute approximate surface area is 74.6 Å². The Hall–Kier alpha value is -0.790. The molecule has 0 aliphatic carbocycles. The van der Waals surface area contributed by atoms with E-state index in [-0.39, 0.29) is 5.97 Å². The maximum absolute atomic E-state index is 10.7. The van der Waals surface area contributed by atoms with Crippen molar-refractivity contribution in [3.05, 3.63) is 12.2 Å². The second-order valence-corrected chi connectivity index (χ2v) is 2.70. The molecule has 0 spiro atoms. The van der Waals surface area contributed by atoms with E-state index in [1.54, 1.807) is 0 Å². The summed E-state index contributed by atoms with van der Waals surface area (Å²) in [4.78, 5) is 10.7. The van der Waals surface area contributed by atoms with Gasteiger partial charge in [0.1, 0.15) is 0 Å². The summed E-state index contributed by atoms with van der Waals surface area (Å²) in [5, 5.41) is 0. The van der Waals surface area contributed by atoms with Crippen LogP contribution in [0.5, 0.6) is 0 Å². The fourth-order valence-electron chi connectivity index (χ4n) is 0.918. The molecule has 0 aromatic rings. The molecule has 0 unspecified atom stereocenters. The van der Waals surface area contributed by atoms with Crippen molar-refractivity contribution in [1.82, 2.24) is 0 Å². The summed E-state index contributed by atoms with van der Waals surface area (Å²) in [5.41, 5.74) is 0. The third-order valence-electron chi connectivity index (χ3n) is 1.63. The van der Waals surface area contributed by atoms with Crippen LogP contribution in [0, 0.1) is 0 Å². The van der Waals surface area contributed by atoms with E-state index in [9.17, 15) is 4.79 Å². The fraction of sp³-hybridized carbons (Fsp3) is 0.700. The van der Waals surface area contributed by atoms with E-state index in [4.69, 9.17) is 0 Å². The topological polar surface area (TPSA) is 26.3 Å². The van der Waals surface area contributed by atoms with E-state index in [2.05, 4.69) is 23.8 Å². The van der Waals surface area contributed by atoms with Crippen molar-refractivity contribution in [2.45, 2.75) is 39.0 Å². The van der Waals surface area contributed by atoms with Crippen LogP contribution in [-0.4, -0.2) is 13.1 Å². The second-order valence-electron chi connectivity index (χ2n) is 2.70. The molecule has 0 fully saturated rings. The predicted octanol–water partition coefficient (Wildman–Crippen LogP) is 2.69. The normalized spacial score (nSPS) is 10.5. The molecule has 0 saturated carbocycles. The molecule has 0 atom stereocenters. The summed E-state index contributed by atoms with van der Waals surface area (Å²) >= 11 is 0. The summed E-state index contributed by atoms with van der Waals surface area (Å²) in [6.07, 6.45) is 9.04. The second kappa shape index (κ2) is 8.31. The summed E-state index contributed by atoms with van der Waals surface area (Å²) < 4.78 is 4.52. The molecule has 0 bridgehead atoms. The van der Waals surface area contributed by atoms with E-state index in [0.717, 1.165) is 25.7 Å². The Morgan fingerprint density at radius 2 is 2.08 bits per heavy atom. The van der Waals surface area contributed by atoms with Gasteiger partial charge in [-0.1, -0.05) is 19.1 Å². The zero-order valence-electron chi connectivity index (χ0n) is 8.01. The van der Waals surface area contributed by atoms with Gasteiger partial charge in [-0.2, -0.15) is 0 Å². The molecule has 2 nitrogen and oxygen atoms in total. The van der Waals surface area contributed by atoms with E-state index in [1.165, 1.54) is 7.11 Å². The third-order valence-corrected chi connectivity index (χ3v) is 1.63. The van der Waals surface area contributed by atoms with Crippen molar-refractivity contribution in [2.24, 2.45) is 0 Å². The van der Waals surface area contributed by atoms with Crippen LogP contribution in [0.3, 0.4) is 0 Å². The van der Waals surface area contributed by atoms with Gasteiger partial charge in [-0.15, -0.1) is 0 Å². The Bertz CT molecular complexity index is 139. The maximum Gasteiger partial charge on any atom is 0.305 e. The molecule has 0 rings (SSSR count). The van der Waals surface area contributed by atoms with Crippen molar-refractivity contribution in [3.63, 3.8) is 0 Å². The van der Waals surface area contributed by atoms with Gasteiger partial charge in [-0.05, 0) is 25.7 Å². The molecule has 0 N–H and O–H groups in total. The first-order valence-corrected chi connectivity index (χ1v) is 4.53. The highest BCUT2D eigenvalue weighted by atomic mass is 16.5. The van der Waals surface area contributed by atoms with E-state index >= 15 is 0 Å². The van der Waals surface area contributed by atoms with Crippen LogP contribution in [0.25, 0.3) is 0 Å². The van der Waals surface area contributed by atoms with Crippen LogP contribution in [0.15, 0.2) is 12.2 Å². The van der Waals surface area contributed by atoms with Crippen molar-refractivity contribution in [3.8, 4) is 0 Å². The van der Waals surface area contributed by atoms with Gasteiger partial charge in [0, 0.05) is 6.42 Å². The predicted molar refractivity (Wildman–Crippen MR) is 49.9 cm³/mol. The number of unbranched alkanes of at least 4 members (excludes halogenated alkanes) is 2. The molecule has 0 saturated heterocycles. The highest BCUT2D eigenvalue weighted by molar-refractivity contribution is 5.68. The van der Waals surface area contributed by atoms with Crippen LogP contribution in [-0.2, 0) is 9.53 Å².